The van der Waals surface area contributed by atoms with Crippen molar-refractivity contribution in [1.82, 2.24) is 10.6 Å². The van der Waals surface area contributed by atoms with E-state index in [4.69, 9.17) is 4.74 Å². The lowest BCUT2D eigenvalue weighted by Gasteiger charge is -2.30. The molecule has 0 aromatic rings. The first-order valence-corrected chi connectivity index (χ1v) is 6.14. The van der Waals surface area contributed by atoms with Gasteiger partial charge in [0.1, 0.15) is 0 Å². The zero-order chi connectivity index (χ0) is 12.2. The van der Waals surface area contributed by atoms with E-state index >= 15 is 0 Å². The third-order valence-electron chi connectivity index (χ3n) is 3.44. The standard InChI is InChI=1S/C12H24N2O2/c1-5-13-8-9(2)11(15)14-12(4)6-7-16-10(12)3/h9-10,13H,5-8H2,1-4H3,(H,14,15). The minimum Gasteiger partial charge on any atom is -0.376 e. The van der Waals surface area contributed by atoms with Crippen LogP contribution < -0.4 is 10.6 Å². The van der Waals surface area contributed by atoms with E-state index in [0.29, 0.717) is 0 Å². The third kappa shape index (κ3) is 3.19. The lowest BCUT2D eigenvalue weighted by Crippen LogP contribution is -2.53. The monoisotopic (exact) mass is 228 g/mol. The van der Waals surface area contributed by atoms with Crippen LogP contribution in [0.15, 0.2) is 0 Å². The average Bonchev–Trinajstić information content (AvgIpc) is 2.55. The number of nitrogens with one attached hydrogen (secondary N) is 2. The van der Waals surface area contributed by atoms with Gasteiger partial charge in [0.2, 0.25) is 5.91 Å². The molecular formula is C12H24N2O2. The Morgan fingerprint density at radius 2 is 2.31 bits per heavy atom. The quantitative estimate of drug-likeness (QED) is 0.735. The molecule has 0 aliphatic carbocycles. The Kier molecular flexibility index (Phi) is 4.74. The second-order valence-electron chi connectivity index (χ2n) is 4.88. The molecule has 4 heteroatoms. The van der Waals surface area contributed by atoms with E-state index < -0.39 is 0 Å². The normalized spacial score (nSPS) is 31.4. The number of hydrogen-bond donors (Lipinski definition) is 2. The van der Waals surface area contributed by atoms with E-state index in [9.17, 15) is 4.79 Å². The Morgan fingerprint density at radius 1 is 1.62 bits per heavy atom. The minimum absolute atomic E-state index is 0.00424. The number of ether oxygens (including phenoxy) is 1. The molecule has 1 fully saturated rings. The highest BCUT2D eigenvalue weighted by Crippen LogP contribution is 2.25. The highest BCUT2D eigenvalue weighted by atomic mass is 16.5. The summed E-state index contributed by atoms with van der Waals surface area (Å²) < 4.78 is 5.50. The molecule has 1 rings (SSSR count). The van der Waals surface area contributed by atoms with Gasteiger partial charge < -0.3 is 15.4 Å². The Balaban J connectivity index is 2.44. The Hall–Kier alpha value is -0.610. The van der Waals surface area contributed by atoms with E-state index in [2.05, 4.69) is 17.6 Å². The van der Waals surface area contributed by atoms with Crippen LogP contribution >= 0.6 is 0 Å². The summed E-state index contributed by atoms with van der Waals surface area (Å²) in [6.07, 6.45) is 0.996. The summed E-state index contributed by atoms with van der Waals surface area (Å²) in [7, 11) is 0. The van der Waals surface area contributed by atoms with Crippen LogP contribution in [-0.4, -0.2) is 37.2 Å². The molecule has 1 aliphatic rings. The lowest BCUT2D eigenvalue weighted by molar-refractivity contribution is -0.126. The summed E-state index contributed by atoms with van der Waals surface area (Å²) >= 11 is 0. The van der Waals surface area contributed by atoms with Gasteiger partial charge in [0.05, 0.1) is 11.6 Å². The van der Waals surface area contributed by atoms with Gasteiger partial charge in [0.15, 0.2) is 0 Å². The second kappa shape index (κ2) is 5.64. The fourth-order valence-corrected chi connectivity index (χ4v) is 1.86. The highest BCUT2D eigenvalue weighted by Gasteiger charge is 2.38. The van der Waals surface area contributed by atoms with Gasteiger partial charge >= 0.3 is 0 Å². The minimum atomic E-state index is -0.197. The van der Waals surface area contributed by atoms with E-state index in [1.165, 1.54) is 0 Å². The summed E-state index contributed by atoms with van der Waals surface area (Å²) in [4.78, 5) is 11.9. The van der Waals surface area contributed by atoms with Crippen LogP contribution in [0.25, 0.3) is 0 Å². The van der Waals surface area contributed by atoms with E-state index in [1.54, 1.807) is 0 Å². The summed E-state index contributed by atoms with van der Waals surface area (Å²) in [5.41, 5.74) is -0.197. The van der Waals surface area contributed by atoms with Gasteiger partial charge in [0, 0.05) is 19.1 Å². The Labute approximate surface area is 98.1 Å². The van der Waals surface area contributed by atoms with E-state index in [0.717, 1.165) is 26.1 Å². The molecule has 1 heterocycles. The van der Waals surface area contributed by atoms with Crippen molar-refractivity contribution in [2.75, 3.05) is 19.7 Å². The Morgan fingerprint density at radius 3 is 2.81 bits per heavy atom. The number of carbonyl (C=O) groups excluding carboxylic acids is 1. The molecule has 0 saturated carbocycles. The third-order valence-corrected chi connectivity index (χ3v) is 3.44. The van der Waals surface area contributed by atoms with Gasteiger partial charge in [-0.3, -0.25) is 4.79 Å². The molecule has 2 N–H and O–H groups in total. The van der Waals surface area contributed by atoms with Crippen molar-refractivity contribution in [1.29, 1.82) is 0 Å². The lowest BCUT2D eigenvalue weighted by atomic mass is 9.93. The molecule has 94 valence electrons. The SMILES string of the molecule is CCNCC(C)C(=O)NC1(C)CCOC1C. The fourth-order valence-electron chi connectivity index (χ4n) is 1.86. The topological polar surface area (TPSA) is 50.4 Å². The van der Waals surface area contributed by atoms with Gasteiger partial charge in [-0.1, -0.05) is 13.8 Å². The molecule has 0 bridgehead atoms. The maximum Gasteiger partial charge on any atom is 0.224 e. The van der Waals surface area contributed by atoms with Gasteiger partial charge in [-0.2, -0.15) is 0 Å². The molecule has 0 aromatic carbocycles. The summed E-state index contributed by atoms with van der Waals surface area (Å²) in [5, 5.41) is 6.30. The fraction of sp³-hybridized carbons (Fsp3) is 0.917. The summed E-state index contributed by atoms with van der Waals surface area (Å²) in [6, 6.07) is 0. The zero-order valence-corrected chi connectivity index (χ0v) is 10.8. The smallest absolute Gasteiger partial charge is 0.224 e. The molecule has 16 heavy (non-hydrogen) atoms. The predicted molar refractivity (Wildman–Crippen MR) is 64.3 cm³/mol. The molecule has 0 spiro atoms. The van der Waals surface area contributed by atoms with Crippen LogP contribution in [0.2, 0.25) is 0 Å². The van der Waals surface area contributed by atoms with Crippen molar-refractivity contribution in [2.24, 2.45) is 5.92 Å². The molecule has 0 radical (unpaired) electrons. The van der Waals surface area contributed by atoms with Crippen molar-refractivity contribution in [3.05, 3.63) is 0 Å². The first-order valence-electron chi connectivity index (χ1n) is 6.14. The predicted octanol–water partition coefficient (Wildman–Crippen LogP) is 0.916. The second-order valence-corrected chi connectivity index (χ2v) is 4.88. The van der Waals surface area contributed by atoms with E-state index in [-0.39, 0.29) is 23.5 Å². The number of hydrogen-bond acceptors (Lipinski definition) is 3. The molecular weight excluding hydrogens is 204 g/mol. The highest BCUT2D eigenvalue weighted by molar-refractivity contribution is 5.79. The van der Waals surface area contributed by atoms with Crippen molar-refractivity contribution in [2.45, 2.75) is 45.8 Å². The largest absolute Gasteiger partial charge is 0.376 e. The van der Waals surface area contributed by atoms with Crippen molar-refractivity contribution < 1.29 is 9.53 Å². The first-order chi connectivity index (χ1) is 7.49. The van der Waals surface area contributed by atoms with Crippen molar-refractivity contribution in [3.63, 3.8) is 0 Å². The molecule has 1 aliphatic heterocycles. The van der Waals surface area contributed by atoms with E-state index in [1.807, 2.05) is 20.8 Å². The average molecular weight is 228 g/mol. The Bertz CT molecular complexity index is 245. The first kappa shape index (κ1) is 13.5. The zero-order valence-electron chi connectivity index (χ0n) is 10.8. The maximum atomic E-state index is 11.9. The maximum absolute atomic E-state index is 11.9. The van der Waals surface area contributed by atoms with Crippen LogP contribution in [0.3, 0.4) is 0 Å². The van der Waals surface area contributed by atoms with Crippen molar-refractivity contribution >= 4 is 5.91 Å². The van der Waals surface area contributed by atoms with Crippen LogP contribution in [0, 0.1) is 5.92 Å². The molecule has 4 nitrogen and oxygen atoms in total. The van der Waals surface area contributed by atoms with Gasteiger partial charge in [0.25, 0.3) is 0 Å². The summed E-state index contributed by atoms with van der Waals surface area (Å²) in [6.45, 7) is 10.4. The summed E-state index contributed by atoms with van der Waals surface area (Å²) in [5.74, 6) is 0.116. The number of carbonyl (C=O) groups is 1. The molecule has 1 saturated heterocycles. The van der Waals surface area contributed by atoms with Gasteiger partial charge in [-0.15, -0.1) is 0 Å². The molecule has 0 aromatic heterocycles. The van der Waals surface area contributed by atoms with Gasteiger partial charge in [-0.05, 0) is 26.8 Å². The number of amides is 1. The molecule has 3 atom stereocenters. The van der Waals surface area contributed by atoms with Crippen LogP contribution in [-0.2, 0) is 9.53 Å². The van der Waals surface area contributed by atoms with Crippen LogP contribution in [0.4, 0.5) is 0 Å². The molecule has 1 amide bonds. The van der Waals surface area contributed by atoms with Gasteiger partial charge in [-0.25, -0.2) is 0 Å². The molecule has 3 unspecified atom stereocenters. The number of rotatable bonds is 5. The van der Waals surface area contributed by atoms with Crippen molar-refractivity contribution in [3.8, 4) is 0 Å². The van der Waals surface area contributed by atoms with Crippen LogP contribution in [0.5, 0.6) is 0 Å². The van der Waals surface area contributed by atoms with Crippen LogP contribution in [0.1, 0.15) is 34.1 Å².